The highest BCUT2D eigenvalue weighted by molar-refractivity contribution is 5.32. The Bertz CT molecular complexity index is 268. The maximum atomic E-state index is 4.01. The molecule has 0 saturated heterocycles. The van der Waals surface area contributed by atoms with E-state index >= 15 is 0 Å². The van der Waals surface area contributed by atoms with Gasteiger partial charge in [0.2, 0.25) is 0 Å². The van der Waals surface area contributed by atoms with Gasteiger partial charge in [-0.2, -0.15) is 0 Å². The van der Waals surface area contributed by atoms with E-state index in [4.69, 9.17) is 0 Å². The number of anilines is 1. The average Bonchev–Trinajstić information content (AvgIpc) is 2.66. The normalized spacial score (nSPS) is 32.9. The van der Waals surface area contributed by atoms with Crippen LogP contribution < -0.4 is 5.32 Å². The fourth-order valence-electron chi connectivity index (χ4n) is 2.32. The Balaban J connectivity index is 1.97. The number of hydrogen-bond donors (Lipinski definition) is 2. The van der Waals surface area contributed by atoms with Gasteiger partial charge in [0.1, 0.15) is 5.82 Å². The first kappa shape index (κ1) is 9.56. The lowest BCUT2D eigenvalue weighted by Gasteiger charge is -2.34. The minimum Gasteiger partial charge on any atom is -0.367 e. The molecule has 1 aliphatic rings. The maximum absolute atomic E-state index is 4.01. The molecule has 0 radical (unpaired) electrons. The van der Waals surface area contributed by atoms with Crippen molar-refractivity contribution in [3.63, 3.8) is 0 Å². The van der Waals surface area contributed by atoms with E-state index in [-0.39, 0.29) is 0 Å². The summed E-state index contributed by atoms with van der Waals surface area (Å²) in [5, 5.41) is 3.52. The van der Waals surface area contributed by atoms with E-state index in [0.29, 0.717) is 6.04 Å². The van der Waals surface area contributed by atoms with Crippen LogP contribution in [0, 0.1) is 11.8 Å². The predicted octanol–water partition coefficient (Wildman–Crippen LogP) is 2.65. The lowest BCUT2D eigenvalue weighted by Crippen LogP contribution is -2.35. The zero-order chi connectivity index (χ0) is 9.97. The van der Waals surface area contributed by atoms with Crippen LogP contribution in [0.4, 0.5) is 5.82 Å². The molecule has 1 aromatic rings. The number of H-pyrrole nitrogens is 1. The summed E-state index contributed by atoms with van der Waals surface area (Å²) in [4.78, 5) is 7.11. The number of imidazole rings is 1. The van der Waals surface area contributed by atoms with Gasteiger partial charge in [-0.05, 0) is 18.3 Å². The van der Waals surface area contributed by atoms with Crippen molar-refractivity contribution in [3.8, 4) is 0 Å². The maximum Gasteiger partial charge on any atom is 0.123 e. The number of rotatable bonds is 2. The minimum atomic E-state index is 0.610. The summed E-state index contributed by atoms with van der Waals surface area (Å²) in [6.07, 6.45) is 7.58. The molecule has 1 heterocycles. The van der Waals surface area contributed by atoms with E-state index in [9.17, 15) is 0 Å². The molecule has 1 fully saturated rings. The van der Waals surface area contributed by atoms with Crippen molar-refractivity contribution in [1.29, 1.82) is 0 Å². The number of aromatic amines is 1. The van der Waals surface area contributed by atoms with Crippen LogP contribution in [0.15, 0.2) is 12.5 Å². The minimum absolute atomic E-state index is 0.610. The van der Waals surface area contributed by atoms with E-state index in [0.717, 1.165) is 17.7 Å². The van der Waals surface area contributed by atoms with Crippen molar-refractivity contribution >= 4 is 5.82 Å². The fraction of sp³-hybridized carbons (Fsp3) is 0.727. The molecule has 0 aromatic carbocycles. The van der Waals surface area contributed by atoms with Crippen molar-refractivity contribution in [3.05, 3.63) is 12.5 Å². The van der Waals surface area contributed by atoms with Gasteiger partial charge in [0, 0.05) is 6.04 Å². The third kappa shape index (κ3) is 1.91. The van der Waals surface area contributed by atoms with Gasteiger partial charge in [0.25, 0.3) is 0 Å². The summed E-state index contributed by atoms with van der Waals surface area (Å²) in [5.74, 6) is 2.65. The molecule has 2 rings (SSSR count). The van der Waals surface area contributed by atoms with Crippen molar-refractivity contribution in [2.75, 3.05) is 5.32 Å². The van der Waals surface area contributed by atoms with E-state index in [2.05, 4.69) is 29.1 Å². The van der Waals surface area contributed by atoms with Crippen LogP contribution in [0.2, 0.25) is 0 Å². The molecule has 1 aliphatic carbocycles. The molecule has 0 unspecified atom stereocenters. The van der Waals surface area contributed by atoms with Crippen LogP contribution in [0.1, 0.15) is 33.1 Å². The lowest BCUT2D eigenvalue weighted by molar-refractivity contribution is 0.253. The second-order valence-corrected chi connectivity index (χ2v) is 4.48. The van der Waals surface area contributed by atoms with E-state index < -0.39 is 0 Å². The lowest BCUT2D eigenvalue weighted by atomic mass is 9.78. The van der Waals surface area contributed by atoms with E-state index in [1.54, 1.807) is 6.33 Å². The summed E-state index contributed by atoms with van der Waals surface area (Å²) in [6, 6.07) is 0.610. The largest absolute Gasteiger partial charge is 0.367 e. The van der Waals surface area contributed by atoms with Gasteiger partial charge >= 0.3 is 0 Å². The molecule has 0 aliphatic heterocycles. The molecule has 1 aromatic heterocycles. The molecule has 0 bridgehead atoms. The van der Waals surface area contributed by atoms with Crippen LogP contribution in [-0.4, -0.2) is 16.0 Å². The Morgan fingerprint density at radius 2 is 2.29 bits per heavy atom. The Hall–Kier alpha value is -0.990. The Kier molecular flexibility index (Phi) is 2.75. The first-order chi connectivity index (χ1) is 6.77. The number of aromatic nitrogens is 2. The zero-order valence-electron chi connectivity index (χ0n) is 8.96. The van der Waals surface area contributed by atoms with Gasteiger partial charge in [-0.1, -0.05) is 26.7 Å². The van der Waals surface area contributed by atoms with Gasteiger partial charge in [0.15, 0.2) is 0 Å². The summed E-state index contributed by atoms with van der Waals surface area (Å²) in [7, 11) is 0. The Labute approximate surface area is 85.3 Å². The highest BCUT2D eigenvalue weighted by atomic mass is 15.1. The molecule has 2 N–H and O–H groups in total. The summed E-state index contributed by atoms with van der Waals surface area (Å²) >= 11 is 0. The van der Waals surface area contributed by atoms with Crippen LogP contribution in [0.5, 0.6) is 0 Å². The molecule has 3 nitrogen and oxygen atoms in total. The third-order valence-corrected chi connectivity index (χ3v) is 3.55. The van der Waals surface area contributed by atoms with Crippen molar-refractivity contribution in [2.24, 2.45) is 11.8 Å². The van der Waals surface area contributed by atoms with Gasteiger partial charge in [-0.15, -0.1) is 0 Å². The predicted molar refractivity (Wildman–Crippen MR) is 58.2 cm³/mol. The van der Waals surface area contributed by atoms with Crippen LogP contribution in [0.25, 0.3) is 0 Å². The molecule has 78 valence electrons. The quantitative estimate of drug-likeness (QED) is 0.758. The topological polar surface area (TPSA) is 40.7 Å². The molecule has 3 heteroatoms. The molecular weight excluding hydrogens is 174 g/mol. The SMILES string of the molecule is C[C@H]1[C@H](C)CCC[C@H]1Nc1cnc[nH]1. The first-order valence-electron chi connectivity index (χ1n) is 5.52. The summed E-state index contributed by atoms with van der Waals surface area (Å²) < 4.78 is 0. The summed E-state index contributed by atoms with van der Waals surface area (Å²) in [6.45, 7) is 4.70. The fourth-order valence-corrected chi connectivity index (χ4v) is 2.32. The second kappa shape index (κ2) is 4.03. The van der Waals surface area contributed by atoms with E-state index in [1.165, 1.54) is 19.3 Å². The smallest absolute Gasteiger partial charge is 0.123 e. The van der Waals surface area contributed by atoms with Crippen LogP contribution in [-0.2, 0) is 0 Å². The highest BCUT2D eigenvalue weighted by Crippen LogP contribution is 2.31. The molecule has 0 spiro atoms. The van der Waals surface area contributed by atoms with Gasteiger partial charge < -0.3 is 10.3 Å². The summed E-state index contributed by atoms with van der Waals surface area (Å²) in [5.41, 5.74) is 0. The number of nitrogens with zero attached hydrogens (tertiary/aromatic N) is 1. The van der Waals surface area contributed by atoms with Crippen molar-refractivity contribution in [2.45, 2.75) is 39.2 Å². The average molecular weight is 193 g/mol. The van der Waals surface area contributed by atoms with Crippen LogP contribution >= 0.6 is 0 Å². The molecule has 3 atom stereocenters. The standard InChI is InChI=1S/C11H19N3/c1-8-4-3-5-10(9(8)2)14-11-6-12-7-13-11/h6-10,14H,3-5H2,1-2H3,(H,12,13)/t8-,9+,10-/m1/s1. The highest BCUT2D eigenvalue weighted by Gasteiger charge is 2.26. The first-order valence-corrected chi connectivity index (χ1v) is 5.52. The molecule has 1 saturated carbocycles. The van der Waals surface area contributed by atoms with Gasteiger partial charge in [-0.25, -0.2) is 4.98 Å². The Morgan fingerprint density at radius 3 is 3.00 bits per heavy atom. The van der Waals surface area contributed by atoms with Crippen molar-refractivity contribution in [1.82, 2.24) is 9.97 Å². The van der Waals surface area contributed by atoms with Gasteiger partial charge in [0.05, 0.1) is 12.5 Å². The number of nitrogens with one attached hydrogen (secondary N) is 2. The van der Waals surface area contributed by atoms with E-state index in [1.807, 2.05) is 6.20 Å². The van der Waals surface area contributed by atoms with Crippen molar-refractivity contribution < 1.29 is 0 Å². The monoisotopic (exact) mass is 193 g/mol. The third-order valence-electron chi connectivity index (χ3n) is 3.55. The second-order valence-electron chi connectivity index (χ2n) is 4.48. The molecule has 0 amide bonds. The zero-order valence-corrected chi connectivity index (χ0v) is 8.96. The molecule has 14 heavy (non-hydrogen) atoms. The van der Waals surface area contributed by atoms with Crippen LogP contribution in [0.3, 0.4) is 0 Å². The Morgan fingerprint density at radius 1 is 1.43 bits per heavy atom. The molecular formula is C11H19N3. The number of hydrogen-bond acceptors (Lipinski definition) is 2. The van der Waals surface area contributed by atoms with Gasteiger partial charge in [-0.3, -0.25) is 0 Å².